The zero-order valence-electron chi connectivity index (χ0n) is 7.34. The van der Waals surface area contributed by atoms with Crippen molar-refractivity contribution in [2.24, 2.45) is 0 Å². The smallest absolute Gasteiger partial charge is 0.303 e. The Morgan fingerprint density at radius 2 is 0.833 bits per heavy atom. The Kier molecular flexibility index (Phi) is 4.62. The summed E-state index contributed by atoms with van der Waals surface area (Å²) in [5, 5.41) is 0. The van der Waals surface area contributed by atoms with Gasteiger partial charge in [0, 0.05) is 28.4 Å². The summed E-state index contributed by atoms with van der Waals surface area (Å²) >= 11 is 0. The molecule has 0 rings (SSSR count). The molecular weight excluding hydrogens is 206 g/mol. The van der Waals surface area contributed by atoms with Gasteiger partial charge in [-0.15, -0.1) is 0 Å². The van der Waals surface area contributed by atoms with Gasteiger partial charge in [-0.2, -0.15) is 0 Å². The van der Waals surface area contributed by atoms with Gasteiger partial charge in [-0.25, -0.2) is 9.13 Å². The summed E-state index contributed by atoms with van der Waals surface area (Å²) in [5.41, 5.74) is 0. The minimum atomic E-state index is -3.79. The van der Waals surface area contributed by atoms with Crippen LogP contribution in [0.2, 0.25) is 0 Å². The van der Waals surface area contributed by atoms with Gasteiger partial charge in [-0.3, -0.25) is 0 Å². The van der Waals surface area contributed by atoms with Crippen molar-refractivity contribution in [3.63, 3.8) is 0 Å². The summed E-state index contributed by atoms with van der Waals surface area (Å²) < 4.78 is 40.8. The molecule has 0 aromatic rings. The van der Waals surface area contributed by atoms with Gasteiger partial charge in [0.15, 0.2) is 0 Å². The van der Waals surface area contributed by atoms with Crippen LogP contribution in [0, 0.1) is 0 Å². The maximum Gasteiger partial charge on any atom is 0.440 e. The molecule has 0 bridgehead atoms. The van der Waals surface area contributed by atoms with Crippen molar-refractivity contribution in [1.29, 1.82) is 0 Å². The number of rotatable bonds is 5. The van der Waals surface area contributed by atoms with Crippen LogP contribution in [0.1, 0.15) is 0 Å². The molecule has 0 heterocycles. The minimum Gasteiger partial charge on any atom is -0.303 e. The average molecular weight is 218 g/mol. The van der Waals surface area contributed by atoms with Crippen LogP contribution in [0.15, 0.2) is 0 Å². The largest absolute Gasteiger partial charge is 0.440 e. The fourth-order valence-corrected chi connectivity index (χ4v) is 4.05. The molecular formula is C4H12O6P2. The van der Waals surface area contributed by atoms with E-state index in [9.17, 15) is 9.13 Å². The second-order valence-electron chi connectivity index (χ2n) is 1.67. The molecule has 0 aromatic heterocycles. The predicted octanol–water partition coefficient (Wildman–Crippen LogP) is 1.87. The zero-order valence-corrected chi connectivity index (χ0v) is 9.13. The van der Waals surface area contributed by atoms with Crippen LogP contribution >= 0.6 is 14.6 Å². The SMILES string of the molecule is COP(=O)(OC)P(=O)(OC)OC. The monoisotopic (exact) mass is 218 g/mol. The molecule has 0 atom stereocenters. The van der Waals surface area contributed by atoms with Crippen molar-refractivity contribution in [1.82, 2.24) is 0 Å². The third-order valence-corrected chi connectivity index (χ3v) is 7.43. The van der Waals surface area contributed by atoms with E-state index < -0.39 is 14.6 Å². The maximum atomic E-state index is 11.5. The molecule has 74 valence electrons. The summed E-state index contributed by atoms with van der Waals surface area (Å²) in [6.07, 6.45) is 0. The van der Waals surface area contributed by atoms with E-state index in [0.29, 0.717) is 0 Å². The van der Waals surface area contributed by atoms with Crippen molar-refractivity contribution in [2.45, 2.75) is 0 Å². The van der Waals surface area contributed by atoms with Crippen LogP contribution in [0.4, 0.5) is 0 Å². The third kappa shape index (κ3) is 1.96. The molecule has 0 saturated carbocycles. The molecule has 6 nitrogen and oxygen atoms in total. The van der Waals surface area contributed by atoms with E-state index in [2.05, 4.69) is 18.1 Å². The zero-order chi connectivity index (χ0) is 9.83. The van der Waals surface area contributed by atoms with Crippen LogP contribution in [-0.2, 0) is 27.2 Å². The molecule has 12 heavy (non-hydrogen) atoms. The first-order chi connectivity index (χ1) is 5.49. The van der Waals surface area contributed by atoms with Crippen LogP contribution < -0.4 is 0 Å². The van der Waals surface area contributed by atoms with Crippen LogP contribution in [-0.4, -0.2) is 28.4 Å². The van der Waals surface area contributed by atoms with Gasteiger partial charge < -0.3 is 18.1 Å². The summed E-state index contributed by atoms with van der Waals surface area (Å²) in [4.78, 5) is 0. The first-order valence-electron chi connectivity index (χ1n) is 2.93. The van der Waals surface area contributed by atoms with Crippen molar-refractivity contribution >= 4 is 14.6 Å². The Morgan fingerprint density at radius 3 is 0.917 bits per heavy atom. The van der Waals surface area contributed by atoms with Gasteiger partial charge in [-0.05, 0) is 0 Å². The highest BCUT2D eigenvalue weighted by Gasteiger charge is 2.48. The summed E-state index contributed by atoms with van der Waals surface area (Å²) in [5.74, 6) is 0. The number of hydrogen-bond donors (Lipinski definition) is 0. The van der Waals surface area contributed by atoms with Crippen molar-refractivity contribution in [2.75, 3.05) is 28.4 Å². The lowest BCUT2D eigenvalue weighted by Crippen LogP contribution is -1.94. The Bertz CT molecular complexity index is 186. The van der Waals surface area contributed by atoms with Crippen LogP contribution in [0.5, 0.6) is 0 Å². The van der Waals surface area contributed by atoms with E-state index in [1.165, 1.54) is 0 Å². The lowest BCUT2D eigenvalue weighted by Gasteiger charge is -2.20. The Labute approximate surface area is 71.1 Å². The van der Waals surface area contributed by atoms with Gasteiger partial charge in [0.1, 0.15) is 0 Å². The van der Waals surface area contributed by atoms with Gasteiger partial charge in [0.25, 0.3) is 0 Å². The molecule has 0 aliphatic rings. The molecule has 0 radical (unpaired) electrons. The van der Waals surface area contributed by atoms with Crippen molar-refractivity contribution in [3.05, 3.63) is 0 Å². The van der Waals surface area contributed by atoms with Crippen LogP contribution in [0.25, 0.3) is 0 Å². The normalized spacial score (nSPS) is 13.3. The molecule has 0 saturated heterocycles. The molecule has 0 aliphatic carbocycles. The van der Waals surface area contributed by atoms with E-state index in [4.69, 9.17) is 0 Å². The second-order valence-corrected chi connectivity index (χ2v) is 7.94. The van der Waals surface area contributed by atoms with E-state index >= 15 is 0 Å². The molecule has 0 fully saturated rings. The van der Waals surface area contributed by atoms with Crippen LogP contribution in [0.3, 0.4) is 0 Å². The molecule has 0 aliphatic heterocycles. The lowest BCUT2D eigenvalue weighted by molar-refractivity contribution is 0.246. The maximum absolute atomic E-state index is 11.5. The first kappa shape index (κ1) is 12.3. The highest BCUT2D eigenvalue weighted by molar-refractivity contribution is 8.27. The Morgan fingerprint density at radius 1 is 0.667 bits per heavy atom. The van der Waals surface area contributed by atoms with E-state index in [-0.39, 0.29) is 0 Å². The predicted molar refractivity (Wildman–Crippen MR) is 43.2 cm³/mol. The standard InChI is InChI=1S/C4H12O6P2/c1-7-11(5,8-2)12(6,9-3)10-4/h1-4H3. The fourth-order valence-electron chi connectivity index (χ4n) is 0.549. The first-order valence-corrected chi connectivity index (χ1v) is 6.72. The molecule has 0 spiro atoms. The molecule has 0 aromatic carbocycles. The average Bonchev–Trinajstić information content (AvgIpc) is 2.15. The second kappa shape index (κ2) is 4.51. The van der Waals surface area contributed by atoms with E-state index in [1.807, 2.05) is 0 Å². The third-order valence-electron chi connectivity index (χ3n) is 1.22. The summed E-state index contributed by atoms with van der Waals surface area (Å²) in [7, 11) is -3.16. The topological polar surface area (TPSA) is 71.1 Å². The highest BCUT2D eigenvalue weighted by atomic mass is 32.1. The van der Waals surface area contributed by atoms with Gasteiger partial charge in [0.05, 0.1) is 0 Å². The summed E-state index contributed by atoms with van der Waals surface area (Å²) in [6.45, 7) is 0. The van der Waals surface area contributed by atoms with Gasteiger partial charge in [0.2, 0.25) is 0 Å². The van der Waals surface area contributed by atoms with E-state index in [0.717, 1.165) is 28.4 Å². The highest BCUT2D eigenvalue weighted by Crippen LogP contribution is 2.82. The lowest BCUT2D eigenvalue weighted by atomic mass is 11.8. The molecule has 0 unspecified atom stereocenters. The molecule has 8 heteroatoms. The number of hydrogen-bond acceptors (Lipinski definition) is 6. The van der Waals surface area contributed by atoms with E-state index in [1.54, 1.807) is 0 Å². The summed E-state index contributed by atoms with van der Waals surface area (Å²) in [6, 6.07) is 0. The fraction of sp³-hybridized carbons (Fsp3) is 1.00. The quantitative estimate of drug-likeness (QED) is 0.656. The van der Waals surface area contributed by atoms with Crippen molar-refractivity contribution < 1.29 is 27.2 Å². The molecule has 0 N–H and O–H groups in total. The van der Waals surface area contributed by atoms with Crippen molar-refractivity contribution in [3.8, 4) is 0 Å². The van der Waals surface area contributed by atoms with Gasteiger partial charge in [-0.1, -0.05) is 0 Å². The molecule has 0 amide bonds. The Hall–Kier alpha value is 0.300. The van der Waals surface area contributed by atoms with Gasteiger partial charge >= 0.3 is 14.6 Å². The Balaban J connectivity index is 4.94. The minimum absolute atomic E-state index is 1.11.